The number of likely N-dealkylation sites (tertiary alicyclic amines) is 2. The second-order valence-electron chi connectivity index (χ2n) is 9.24. The fourth-order valence-corrected chi connectivity index (χ4v) is 5.43. The van der Waals surface area contributed by atoms with Crippen LogP contribution < -0.4 is 9.47 Å². The van der Waals surface area contributed by atoms with Crippen LogP contribution in [0.1, 0.15) is 49.1 Å². The molecule has 0 spiro atoms. The van der Waals surface area contributed by atoms with Crippen molar-refractivity contribution >= 4 is 17.0 Å². The molecule has 7 heteroatoms. The van der Waals surface area contributed by atoms with Crippen molar-refractivity contribution in [1.29, 1.82) is 0 Å². The first-order valence-electron chi connectivity index (χ1n) is 12.0. The molecule has 33 heavy (non-hydrogen) atoms. The molecule has 2 fully saturated rings. The first kappa shape index (κ1) is 20.5. The molecule has 0 aliphatic carbocycles. The smallest absolute Gasteiger partial charge is 0.237 e. The molecule has 0 radical (unpaired) electrons. The topological polar surface area (TPSA) is 68.0 Å². The van der Waals surface area contributed by atoms with Gasteiger partial charge in [-0.1, -0.05) is 18.2 Å². The maximum Gasteiger partial charge on any atom is 0.237 e. The molecule has 1 amide bonds. The molecule has 0 saturated carbocycles. The predicted molar refractivity (Wildman–Crippen MR) is 124 cm³/mol. The molecule has 3 aliphatic rings. The Morgan fingerprint density at radius 1 is 1.00 bits per heavy atom. The minimum absolute atomic E-state index is 0.103. The molecule has 4 heterocycles. The van der Waals surface area contributed by atoms with Gasteiger partial charge in [0.25, 0.3) is 0 Å². The van der Waals surface area contributed by atoms with Crippen molar-refractivity contribution in [2.24, 2.45) is 0 Å². The summed E-state index contributed by atoms with van der Waals surface area (Å²) in [6, 6.07) is 14.1. The van der Waals surface area contributed by atoms with Gasteiger partial charge in [-0.05, 0) is 62.1 Å². The Hall–Kier alpha value is -3.06. The molecule has 3 aromatic rings. The van der Waals surface area contributed by atoms with E-state index in [0.717, 1.165) is 79.4 Å². The normalized spacial score (nSPS) is 23.2. The molecule has 2 atom stereocenters. The lowest BCUT2D eigenvalue weighted by Gasteiger charge is -2.33. The molecule has 0 bridgehead atoms. The Balaban J connectivity index is 1.13. The van der Waals surface area contributed by atoms with E-state index in [1.165, 1.54) is 0 Å². The van der Waals surface area contributed by atoms with Gasteiger partial charge in [0.2, 0.25) is 5.91 Å². The van der Waals surface area contributed by atoms with Crippen LogP contribution in [-0.2, 0) is 4.79 Å². The van der Waals surface area contributed by atoms with Gasteiger partial charge in [0.1, 0.15) is 18.7 Å². The molecule has 6 rings (SSSR count). The number of amides is 1. The summed E-state index contributed by atoms with van der Waals surface area (Å²) in [5.41, 5.74) is 2.87. The van der Waals surface area contributed by atoms with Crippen molar-refractivity contribution in [2.75, 3.05) is 39.4 Å². The van der Waals surface area contributed by atoms with Crippen LogP contribution in [0.5, 0.6) is 11.5 Å². The highest BCUT2D eigenvalue weighted by atomic mass is 16.6. The Morgan fingerprint density at radius 2 is 1.85 bits per heavy atom. The zero-order valence-electron chi connectivity index (χ0n) is 18.7. The Kier molecular flexibility index (Phi) is 5.42. The third-order valence-electron chi connectivity index (χ3n) is 7.05. The summed E-state index contributed by atoms with van der Waals surface area (Å²) >= 11 is 0. The third kappa shape index (κ3) is 4.06. The van der Waals surface area contributed by atoms with E-state index in [4.69, 9.17) is 18.9 Å². The van der Waals surface area contributed by atoms with Crippen LogP contribution in [0.4, 0.5) is 0 Å². The number of carbonyl (C=O) groups excluding carboxylic acids is 1. The lowest BCUT2D eigenvalue weighted by atomic mass is 9.98. The first-order valence-corrected chi connectivity index (χ1v) is 12.0. The van der Waals surface area contributed by atoms with Gasteiger partial charge in [0.15, 0.2) is 23.0 Å². The number of oxazole rings is 1. The number of benzene rings is 2. The summed E-state index contributed by atoms with van der Waals surface area (Å²) in [7, 11) is 0. The number of nitrogens with zero attached hydrogens (tertiary/aromatic N) is 3. The van der Waals surface area contributed by atoms with E-state index < -0.39 is 0 Å². The van der Waals surface area contributed by atoms with Gasteiger partial charge in [0.05, 0.1) is 12.6 Å². The second-order valence-corrected chi connectivity index (χ2v) is 9.24. The van der Waals surface area contributed by atoms with E-state index in [1.54, 1.807) is 0 Å². The number of carbonyl (C=O) groups is 1. The van der Waals surface area contributed by atoms with E-state index >= 15 is 0 Å². The van der Waals surface area contributed by atoms with Crippen LogP contribution in [0.2, 0.25) is 0 Å². The van der Waals surface area contributed by atoms with Crippen LogP contribution in [0, 0.1) is 0 Å². The van der Waals surface area contributed by atoms with Gasteiger partial charge in [-0.15, -0.1) is 0 Å². The van der Waals surface area contributed by atoms with E-state index in [9.17, 15) is 4.79 Å². The molecular weight excluding hydrogens is 418 g/mol. The standard InChI is InChI=1S/C26H29N3O4/c30-25(29-12-4-7-21(29)18-9-10-23-24(15-18)32-14-13-31-23)17-28-11-3-5-19(16-28)26-27-20-6-1-2-8-22(20)33-26/h1-2,6,8-10,15,19,21H,3-5,7,11-14,16-17H2. The number of aromatic nitrogens is 1. The zero-order valence-corrected chi connectivity index (χ0v) is 18.7. The van der Waals surface area contributed by atoms with Crippen molar-refractivity contribution in [2.45, 2.75) is 37.6 Å². The van der Waals surface area contributed by atoms with Crippen LogP contribution in [-0.4, -0.2) is 60.1 Å². The molecule has 7 nitrogen and oxygen atoms in total. The number of hydrogen-bond acceptors (Lipinski definition) is 6. The summed E-state index contributed by atoms with van der Waals surface area (Å²) in [6.07, 6.45) is 4.09. The van der Waals surface area contributed by atoms with Gasteiger partial charge in [-0.2, -0.15) is 0 Å². The molecular formula is C26H29N3O4. The average molecular weight is 448 g/mol. The SMILES string of the molecule is O=C(CN1CCCC(c2nc3ccccc3o2)C1)N1CCCC1c1ccc2c(c1)OCCO2. The molecule has 2 saturated heterocycles. The zero-order chi connectivity index (χ0) is 22.2. The summed E-state index contributed by atoms with van der Waals surface area (Å²) in [5.74, 6) is 2.80. The molecule has 172 valence electrons. The fraction of sp³-hybridized carbons (Fsp3) is 0.462. The van der Waals surface area contributed by atoms with Crippen molar-refractivity contribution in [3.05, 3.63) is 53.9 Å². The van der Waals surface area contributed by atoms with E-state index in [-0.39, 0.29) is 17.9 Å². The van der Waals surface area contributed by atoms with Crippen molar-refractivity contribution < 1.29 is 18.7 Å². The lowest BCUT2D eigenvalue weighted by Crippen LogP contribution is -2.43. The summed E-state index contributed by atoms with van der Waals surface area (Å²) in [6.45, 7) is 4.14. The number of fused-ring (bicyclic) bond motifs is 2. The third-order valence-corrected chi connectivity index (χ3v) is 7.05. The molecule has 3 aliphatic heterocycles. The number of piperidine rings is 1. The maximum absolute atomic E-state index is 13.4. The monoisotopic (exact) mass is 447 g/mol. The van der Waals surface area contributed by atoms with Crippen LogP contribution in [0.25, 0.3) is 11.1 Å². The van der Waals surface area contributed by atoms with Crippen LogP contribution >= 0.6 is 0 Å². The Labute approximate surface area is 193 Å². The largest absolute Gasteiger partial charge is 0.486 e. The second kappa shape index (κ2) is 8.71. The first-order chi connectivity index (χ1) is 16.2. The highest BCUT2D eigenvalue weighted by Gasteiger charge is 2.33. The summed E-state index contributed by atoms with van der Waals surface area (Å²) in [4.78, 5) is 22.4. The van der Waals surface area contributed by atoms with Crippen molar-refractivity contribution in [3.63, 3.8) is 0 Å². The van der Waals surface area contributed by atoms with Crippen LogP contribution in [0.15, 0.2) is 46.9 Å². The van der Waals surface area contributed by atoms with Crippen molar-refractivity contribution in [1.82, 2.24) is 14.8 Å². The fourth-order valence-electron chi connectivity index (χ4n) is 5.43. The molecule has 2 unspecified atom stereocenters. The van der Waals surface area contributed by atoms with Gasteiger partial charge >= 0.3 is 0 Å². The van der Waals surface area contributed by atoms with Gasteiger partial charge in [-0.3, -0.25) is 9.69 Å². The summed E-state index contributed by atoms with van der Waals surface area (Å²) in [5, 5.41) is 0. The number of rotatable bonds is 4. The summed E-state index contributed by atoms with van der Waals surface area (Å²) < 4.78 is 17.4. The minimum Gasteiger partial charge on any atom is -0.486 e. The Bertz CT molecular complexity index is 1130. The van der Waals surface area contributed by atoms with Gasteiger partial charge < -0.3 is 18.8 Å². The van der Waals surface area contributed by atoms with Crippen molar-refractivity contribution in [3.8, 4) is 11.5 Å². The number of para-hydroxylation sites is 2. The van der Waals surface area contributed by atoms with Crippen LogP contribution in [0.3, 0.4) is 0 Å². The molecule has 1 aromatic heterocycles. The number of hydrogen-bond donors (Lipinski definition) is 0. The molecule has 2 aromatic carbocycles. The maximum atomic E-state index is 13.4. The van der Waals surface area contributed by atoms with E-state index in [2.05, 4.69) is 21.9 Å². The Morgan fingerprint density at radius 3 is 2.76 bits per heavy atom. The highest BCUT2D eigenvalue weighted by molar-refractivity contribution is 5.79. The van der Waals surface area contributed by atoms with E-state index in [1.807, 2.05) is 30.3 Å². The van der Waals surface area contributed by atoms with Gasteiger partial charge in [0, 0.05) is 19.0 Å². The quantitative estimate of drug-likeness (QED) is 0.599. The van der Waals surface area contributed by atoms with Gasteiger partial charge in [-0.25, -0.2) is 4.98 Å². The number of ether oxygens (including phenoxy) is 2. The molecule has 0 N–H and O–H groups in total. The lowest BCUT2D eigenvalue weighted by molar-refractivity contribution is -0.133. The highest BCUT2D eigenvalue weighted by Crippen LogP contribution is 2.38. The average Bonchev–Trinajstić information content (AvgIpc) is 3.51. The van der Waals surface area contributed by atoms with E-state index in [0.29, 0.717) is 19.8 Å². The predicted octanol–water partition coefficient (Wildman–Crippen LogP) is 4.14. The minimum atomic E-state index is 0.103.